The summed E-state index contributed by atoms with van der Waals surface area (Å²) in [6, 6.07) is -0.304. The number of ketones is 1. The standard InChI is InChI=1S/C11H18N2O3/c1-12-11(15)9-7-16-5-4-13(9)6-10(14)8-2-3-8/h8-9H,2-7H2,1H3,(H,12,15). The Morgan fingerprint density at radius 1 is 1.44 bits per heavy atom. The molecule has 1 amide bonds. The Kier molecular flexibility index (Phi) is 3.56. The zero-order chi connectivity index (χ0) is 11.5. The quantitative estimate of drug-likeness (QED) is 0.696. The summed E-state index contributed by atoms with van der Waals surface area (Å²) in [5, 5.41) is 2.61. The molecule has 0 aromatic carbocycles. The zero-order valence-corrected chi connectivity index (χ0v) is 9.57. The molecule has 5 nitrogen and oxygen atoms in total. The molecule has 1 saturated carbocycles. The molecule has 0 aromatic heterocycles. The summed E-state index contributed by atoms with van der Waals surface area (Å²) >= 11 is 0. The predicted molar refractivity (Wildman–Crippen MR) is 58.0 cm³/mol. The van der Waals surface area contributed by atoms with Gasteiger partial charge < -0.3 is 10.1 Å². The van der Waals surface area contributed by atoms with Gasteiger partial charge in [-0.25, -0.2) is 0 Å². The van der Waals surface area contributed by atoms with Crippen molar-refractivity contribution < 1.29 is 14.3 Å². The monoisotopic (exact) mass is 226 g/mol. The molecule has 2 rings (SSSR count). The van der Waals surface area contributed by atoms with E-state index >= 15 is 0 Å². The number of rotatable bonds is 4. The number of ether oxygens (including phenoxy) is 1. The summed E-state index contributed by atoms with van der Waals surface area (Å²) in [7, 11) is 1.61. The smallest absolute Gasteiger partial charge is 0.239 e. The third-order valence-corrected chi connectivity index (χ3v) is 3.18. The summed E-state index contributed by atoms with van der Waals surface area (Å²) in [4.78, 5) is 25.2. The summed E-state index contributed by atoms with van der Waals surface area (Å²) in [6.07, 6.45) is 2.04. The third-order valence-electron chi connectivity index (χ3n) is 3.18. The van der Waals surface area contributed by atoms with Crippen LogP contribution in [-0.2, 0) is 14.3 Å². The topological polar surface area (TPSA) is 58.6 Å². The molecule has 1 atom stereocenters. The largest absolute Gasteiger partial charge is 0.378 e. The number of nitrogens with one attached hydrogen (secondary N) is 1. The van der Waals surface area contributed by atoms with Gasteiger partial charge in [-0.05, 0) is 12.8 Å². The lowest BCUT2D eigenvalue weighted by atomic mass is 10.1. The Labute approximate surface area is 95.1 Å². The fraction of sp³-hybridized carbons (Fsp3) is 0.818. The average molecular weight is 226 g/mol. The van der Waals surface area contributed by atoms with Crippen LogP contribution in [0.4, 0.5) is 0 Å². The Morgan fingerprint density at radius 2 is 2.19 bits per heavy atom. The van der Waals surface area contributed by atoms with Gasteiger partial charge >= 0.3 is 0 Å². The first-order valence-corrected chi connectivity index (χ1v) is 5.78. The minimum absolute atomic E-state index is 0.0664. The van der Waals surface area contributed by atoms with Gasteiger partial charge in [0.05, 0.1) is 19.8 Å². The van der Waals surface area contributed by atoms with E-state index in [9.17, 15) is 9.59 Å². The lowest BCUT2D eigenvalue weighted by Crippen LogP contribution is -2.54. The number of hydrogen-bond donors (Lipinski definition) is 1. The van der Waals surface area contributed by atoms with Gasteiger partial charge in [0.1, 0.15) is 11.8 Å². The van der Waals surface area contributed by atoms with Gasteiger partial charge in [-0.1, -0.05) is 0 Å². The summed E-state index contributed by atoms with van der Waals surface area (Å²) in [6.45, 7) is 2.05. The van der Waals surface area contributed by atoms with Crippen LogP contribution in [0.25, 0.3) is 0 Å². The lowest BCUT2D eigenvalue weighted by Gasteiger charge is -2.33. The third kappa shape index (κ3) is 2.59. The van der Waals surface area contributed by atoms with Crippen LogP contribution in [0, 0.1) is 5.92 Å². The minimum Gasteiger partial charge on any atom is -0.378 e. The molecule has 90 valence electrons. The van der Waals surface area contributed by atoms with E-state index < -0.39 is 0 Å². The van der Waals surface area contributed by atoms with Crippen molar-refractivity contribution in [1.29, 1.82) is 0 Å². The van der Waals surface area contributed by atoms with Crippen molar-refractivity contribution in [2.75, 3.05) is 33.4 Å². The summed E-state index contributed by atoms with van der Waals surface area (Å²) < 4.78 is 5.28. The van der Waals surface area contributed by atoms with E-state index in [2.05, 4.69) is 5.32 Å². The van der Waals surface area contributed by atoms with Crippen LogP contribution in [0.3, 0.4) is 0 Å². The molecular formula is C11H18N2O3. The van der Waals surface area contributed by atoms with Gasteiger partial charge in [-0.15, -0.1) is 0 Å². The molecule has 2 fully saturated rings. The van der Waals surface area contributed by atoms with Gasteiger partial charge in [0.2, 0.25) is 5.91 Å². The van der Waals surface area contributed by atoms with E-state index in [1.807, 2.05) is 4.90 Å². The lowest BCUT2D eigenvalue weighted by molar-refractivity contribution is -0.134. The number of likely N-dealkylation sites (N-methyl/N-ethyl adjacent to an activating group) is 1. The Morgan fingerprint density at radius 3 is 2.81 bits per heavy atom. The molecule has 0 spiro atoms. The van der Waals surface area contributed by atoms with Crippen LogP contribution >= 0.6 is 0 Å². The highest BCUT2D eigenvalue weighted by Crippen LogP contribution is 2.30. The Balaban J connectivity index is 1.92. The fourth-order valence-electron chi connectivity index (χ4n) is 1.97. The van der Waals surface area contributed by atoms with Crippen molar-refractivity contribution in [3.8, 4) is 0 Å². The van der Waals surface area contributed by atoms with Crippen LogP contribution in [0.5, 0.6) is 0 Å². The van der Waals surface area contributed by atoms with Crippen molar-refractivity contribution in [3.05, 3.63) is 0 Å². The van der Waals surface area contributed by atoms with E-state index in [1.54, 1.807) is 7.05 Å². The van der Waals surface area contributed by atoms with E-state index in [1.165, 1.54) is 0 Å². The van der Waals surface area contributed by atoms with Gasteiger partial charge in [0.15, 0.2) is 0 Å². The second-order valence-corrected chi connectivity index (χ2v) is 4.42. The molecule has 1 aliphatic heterocycles. The molecule has 1 N–H and O–H groups in total. The van der Waals surface area contributed by atoms with Gasteiger partial charge in [0, 0.05) is 19.5 Å². The van der Waals surface area contributed by atoms with E-state index in [-0.39, 0.29) is 23.7 Å². The number of nitrogens with zero attached hydrogens (tertiary/aromatic N) is 1. The van der Waals surface area contributed by atoms with Crippen LogP contribution in [0.2, 0.25) is 0 Å². The van der Waals surface area contributed by atoms with Crippen molar-refractivity contribution >= 4 is 11.7 Å². The second-order valence-electron chi connectivity index (χ2n) is 4.42. The maximum absolute atomic E-state index is 11.7. The molecule has 5 heteroatoms. The number of Topliss-reactive ketones (excluding diaryl/α,β-unsaturated/α-hetero) is 1. The number of carbonyl (C=O) groups excluding carboxylic acids is 2. The molecule has 2 aliphatic rings. The average Bonchev–Trinajstić information content (AvgIpc) is 3.12. The van der Waals surface area contributed by atoms with Crippen molar-refractivity contribution in [2.24, 2.45) is 5.92 Å². The number of amides is 1. The molecule has 1 saturated heterocycles. The maximum Gasteiger partial charge on any atom is 0.239 e. The second kappa shape index (κ2) is 4.93. The first-order valence-electron chi connectivity index (χ1n) is 5.78. The molecule has 0 radical (unpaired) electrons. The number of hydrogen-bond acceptors (Lipinski definition) is 4. The van der Waals surface area contributed by atoms with E-state index in [0.29, 0.717) is 26.3 Å². The van der Waals surface area contributed by atoms with E-state index in [0.717, 1.165) is 12.8 Å². The molecule has 1 aliphatic carbocycles. The van der Waals surface area contributed by atoms with Crippen LogP contribution in [0.15, 0.2) is 0 Å². The van der Waals surface area contributed by atoms with Crippen molar-refractivity contribution in [3.63, 3.8) is 0 Å². The highest BCUT2D eigenvalue weighted by Gasteiger charge is 2.35. The Bertz CT molecular complexity index is 289. The minimum atomic E-state index is -0.304. The molecule has 0 aromatic rings. The zero-order valence-electron chi connectivity index (χ0n) is 9.57. The highest BCUT2D eigenvalue weighted by atomic mass is 16.5. The Hall–Kier alpha value is -0.940. The molecule has 1 heterocycles. The van der Waals surface area contributed by atoms with Crippen molar-refractivity contribution in [1.82, 2.24) is 10.2 Å². The maximum atomic E-state index is 11.7. The molecule has 16 heavy (non-hydrogen) atoms. The first-order chi connectivity index (χ1) is 7.72. The van der Waals surface area contributed by atoms with Gasteiger partial charge in [-0.3, -0.25) is 14.5 Å². The summed E-state index contributed by atoms with van der Waals surface area (Å²) in [5.41, 5.74) is 0. The van der Waals surface area contributed by atoms with Crippen molar-refractivity contribution in [2.45, 2.75) is 18.9 Å². The van der Waals surface area contributed by atoms with Crippen LogP contribution < -0.4 is 5.32 Å². The number of carbonyl (C=O) groups is 2. The predicted octanol–water partition coefficient (Wildman–Crippen LogP) is -0.588. The summed E-state index contributed by atoms with van der Waals surface area (Å²) in [5.74, 6) is 0.465. The van der Waals surface area contributed by atoms with E-state index in [4.69, 9.17) is 4.74 Å². The SMILES string of the molecule is CNC(=O)C1COCCN1CC(=O)C1CC1. The number of morpholine rings is 1. The normalized spacial score (nSPS) is 26.4. The van der Waals surface area contributed by atoms with Crippen LogP contribution in [-0.4, -0.2) is 56.0 Å². The van der Waals surface area contributed by atoms with Gasteiger partial charge in [-0.2, -0.15) is 0 Å². The van der Waals surface area contributed by atoms with Crippen LogP contribution in [0.1, 0.15) is 12.8 Å². The first kappa shape index (κ1) is 11.5. The van der Waals surface area contributed by atoms with Gasteiger partial charge in [0.25, 0.3) is 0 Å². The molecule has 1 unspecified atom stereocenters. The molecule has 0 bridgehead atoms. The highest BCUT2D eigenvalue weighted by molar-refractivity contribution is 5.87. The molecular weight excluding hydrogens is 208 g/mol. The fourth-order valence-corrected chi connectivity index (χ4v) is 1.97.